The minimum absolute atomic E-state index is 0.0443. The van der Waals surface area contributed by atoms with E-state index < -0.39 is 17.5 Å². The second kappa shape index (κ2) is 6.87. The Hall–Kier alpha value is -3.75. The first-order chi connectivity index (χ1) is 13.1. The van der Waals surface area contributed by atoms with E-state index in [2.05, 4.69) is 20.1 Å². The van der Waals surface area contributed by atoms with Crippen LogP contribution in [0.2, 0.25) is 0 Å². The standard InChI is InChI=1S/C18H11F2N5O2/c19-11-5-16(17(20)22-8-11)27-13-7-14(18-23-10-24-25(18)9-13)15(26)6-12-3-1-2-4-21-12/h1-5,7-10H,6H2. The number of carbonyl (C=O) groups excluding carboxylic acids is 1. The van der Waals surface area contributed by atoms with Gasteiger partial charge in [0.25, 0.3) is 5.95 Å². The van der Waals surface area contributed by atoms with Gasteiger partial charge in [-0.2, -0.15) is 9.49 Å². The van der Waals surface area contributed by atoms with E-state index in [1.807, 2.05) is 0 Å². The van der Waals surface area contributed by atoms with Gasteiger partial charge in [-0.05, 0) is 18.2 Å². The van der Waals surface area contributed by atoms with E-state index in [4.69, 9.17) is 4.74 Å². The summed E-state index contributed by atoms with van der Waals surface area (Å²) < 4.78 is 33.7. The molecule has 0 aliphatic carbocycles. The highest BCUT2D eigenvalue weighted by Crippen LogP contribution is 2.26. The zero-order valence-corrected chi connectivity index (χ0v) is 13.7. The summed E-state index contributed by atoms with van der Waals surface area (Å²) in [6, 6.07) is 7.53. The molecule has 0 aliphatic rings. The van der Waals surface area contributed by atoms with Crippen molar-refractivity contribution in [1.29, 1.82) is 0 Å². The second-order valence-corrected chi connectivity index (χ2v) is 5.58. The second-order valence-electron chi connectivity index (χ2n) is 5.58. The van der Waals surface area contributed by atoms with E-state index in [-0.39, 0.29) is 23.5 Å². The lowest BCUT2D eigenvalue weighted by Crippen LogP contribution is -2.08. The molecule has 9 heteroatoms. The maximum absolute atomic E-state index is 13.7. The van der Waals surface area contributed by atoms with Crippen LogP contribution in [0.5, 0.6) is 11.5 Å². The van der Waals surface area contributed by atoms with Gasteiger partial charge in [-0.25, -0.2) is 18.9 Å². The largest absolute Gasteiger partial charge is 0.451 e. The quantitative estimate of drug-likeness (QED) is 0.398. The summed E-state index contributed by atoms with van der Waals surface area (Å²) in [6.07, 6.45) is 5.06. The smallest absolute Gasteiger partial charge is 0.256 e. The van der Waals surface area contributed by atoms with Crippen molar-refractivity contribution in [3.8, 4) is 11.5 Å². The van der Waals surface area contributed by atoms with Crippen LogP contribution in [-0.2, 0) is 6.42 Å². The number of hydrogen-bond acceptors (Lipinski definition) is 6. The van der Waals surface area contributed by atoms with Crippen molar-refractivity contribution < 1.29 is 18.3 Å². The van der Waals surface area contributed by atoms with Crippen LogP contribution in [0.3, 0.4) is 0 Å². The average Bonchev–Trinajstić information content (AvgIpc) is 3.13. The van der Waals surface area contributed by atoms with E-state index in [9.17, 15) is 13.6 Å². The first-order valence-electron chi connectivity index (χ1n) is 7.85. The molecule has 0 radical (unpaired) electrons. The molecule has 0 atom stereocenters. The van der Waals surface area contributed by atoms with Crippen LogP contribution < -0.4 is 4.74 Å². The summed E-state index contributed by atoms with van der Waals surface area (Å²) in [5.74, 6) is -2.31. The molecule has 27 heavy (non-hydrogen) atoms. The van der Waals surface area contributed by atoms with Crippen LogP contribution >= 0.6 is 0 Å². The zero-order chi connectivity index (χ0) is 18.8. The van der Waals surface area contributed by atoms with Crippen molar-refractivity contribution in [2.45, 2.75) is 6.42 Å². The van der Waals surface area contributed by atoms with Gasteiger partial charge in [0.05, 0.1) is 24.4 Å². The molecule has 0 saturated heterocycles. The minimum Gasteiger partial charge on any atom is -0.451 e. The number of hydrogen-bond donors (Lipinski definition) is 0. The molecule has 4 aromatic heterocycles. The fourth-order valence-corrected chi connectivity index (χ4v) is 2.53. The van der Waals surface area contributed by atoms with E-state index >= 15 is 0 Å². The molecular weight excluding hydrogens is 356 g/mol. The Morgan fingerprint density at radius 1 is 1.15 bits per heavy atom. The summed E-state index contributed by atoms with van der Waals surface area (Å²) in [5.41, 5.74) is 1.13. The van der Waals surface area contributed by atoms with Crippen molar-refractivity contribution in [2.75, 3.05) is 0 Å². The SMILES string of the molecule is O=C(Cc1ccccn1)c1cc(Oc2cc(F)cnc2F)cn2ncnc12. The number of aromatic nitrogens is 5. The molecule has 4 aromatic rings. The van der Waals surface area contributed by atoms with Gasteiger partial charge in [0.1, 0.15) is 17.9 Å². The lowest BCUT2D eigenvalue weighted by atomic mass is 10.1. The highest BCUT2D eigenvalue weighted by Gasteiger charge is 2.17. The monoisotopic (exact) mass is 367 g/mol. The lowest BCUT2D eigenvalue weighted by molar-refractivity contribution is 0.0992. The van der Waals surface area contributed by atoms with Crippen LogP contribution in [0.4, 0.5) is 8.78 Å². The number of carbonyl (C=O) groups is 1. The first-order valence-corrected chi connectivity index (χ1v) is 7.85. The maximum atomic E-state index is 13.7. The number of fused-ring (bicyclic) bond motifs is 1. The Labute approximate surface area is 151 Å². The molecule has 4 rings (SSSR count). The third kappa shape index (κ3) is 3.47. The van der Waals surface area contributed by atoms with Gasteiger partial charge in [0.15, 0.2) is 17.2 Å². The topological polar surface area (TPSA) is 82.3 Å². The van der Waals surface area contributed by atoms with Crippen molar-refractivity contribution in [1.82, 2.24) is 24.6 Å². The number of halogens is 2. The van der Waals surface area contributed by atoms with Crippen molar-refractivity contribution in [3.63, 3.8) is 0 Å². The van der Waals surface area contributed by atoms with Crippen LogP contribution in [0.15, 0.2) is 55.2 Å². The number of ketones is 1. The van der Waals surface area contributed by atoms with Gasteiger partial charge in [-0.1, -0.05) is 6.07 Å². The van der Waals surface area contributed by atoms with E-state index in [0.29, 0.717) is 11.3 Å². The van der Waals surface area contributed by atoms with Gasteiger partial charge in [-0.3, -0.25) is 9.78 Å². The number of ether oxygens (including phenoxy) is 1. The van der Waals surface area contributed by atoms with E-state index in [1.165, 1.54) is 23.1 Å². The number of pyridine rings is 3. The molecule has 0 aliphatic heterocycles. The van der Waals surface area contributed by atoms with Crippen LogP contribution in [0.1, 0.15) is 16.1 Å². The van der Waals surface area contributed by atoms with Crippen LogP contribution in [0.25, 0.3) is 5.65 Å². The average molecular weight is 367 g/mol. The molecule has 0 fully saturated rings. The van der Waals surface area contributed by atoms with Crippen LogP contribution in [-0.4, -0.2) is 30.3 Å². The summed E-state index contributed by atoms with van der Waals surface area (Å²) in [6.45, 7) is 0. The highest BCUT2D eigenvalue weighted by molar-refractivity contribution is 6.02. The lowest BCUT2D eigenvalue weighted by Gasteiger charge is -2.09. The summed E-state index contributed by atoms with van der Waals surface area (Å²) in [5, 5.41) is 3.99. The van der Waals surface area contributed by atoms with E-state index in [1.54, 1.807) is 24.4 Å². The third-order valence-electron chi connectivity index (χ3n) is 3.72. The molecule has 0 unspecified atom stereocenters. The van der Waals surface area contributed by atoms with Gasteiger partial charge >= 0.3 is 0 Å². The van der Waals surface area contributed by atoms with Gasteiger partial charge < -0.3 is 4.74 Å². The fourth-order valence-electron chi connectivity index (χ4n) is 2.53. The maximum Gasteiger partial charge on any atom is 0.256 e. The normalized spacial score (nSPS) is 10.9. The molecule has 4 heterocycles. The molecule has 134 valence electrons. The molecule has 0 amide bonds. The third-order valence-corrected chi connectivity index (χ3v) is 3.72. The van der Waals surface area contributed by atoms with Crippen molar-refractivity contribution in [2.24, 2.45) is 0 Å². The molecule has 0 saturated carbocycles. The Bertz CT molecular complexity index is 1130. The van der Waals surface area contributed by atoms with Crippen molar-refractivity contribution in [3.05, 3.63) is 78.3 Å². The number of rotatable bonds is 5. The van der Waals surface area contributed by atoms with Gasteiger partial charge in [0, 0.05) is 18.0 Å². The number of nitrogens with zero attached hydrogens (tertiary/aromatic N) is 5. The first kappa shape index (κ1) is 16.7. The Morgan fingerprint density at radius 3 is 2.85 bits per heavy atom. The molecule has 0 spiro atoms. The predicted molar refractivity (Wildman–Crippen MR) is 89.5 cm³/mol. The summed E-state index contributed by atoms with van der Waals surface area (Å²) in [4.78, 5) is 24.2. The molecular formula is C18H11F2N5O2. The summed E-state index contributed by atoms with van der Waals surface area (Å²) in [7, 11) is 0. The molecule has 7 nitrogen and oxygen atoms in total. The zero-order valence-electron chi connectivity index (χ0n) is 13.7. The van der Waals surface area contributed by atoms with Gasteiger partial charge in [0.2, 0.25) is 0 Å². The predicted octanol–water partition coefficient (Wildman–Crippen LogP) is 3.02. The molecule has 0 bridgehead atoms. The molecule has 0 aromatic carbocycles. The van der Waals surface area contributed by atoms with E-state index in [0.717, 1.165) is 12.3 Å². The van der Waals surface area contributed by atoms with Crippen LogP contribution in [0, 0.1) is 11.8 Å². The minimum atomic E-state index is -0.976. The fraction of sp³-hybridized carbons (Fsp3) is 0.0556. The molecule has 0 N–H and O–H groups in total. The Kier molecular flexibility index (Phi) is 4.25. The number of Topliss-reactive ketones (excluding diaryl/α,β-unsaturated/α-hetero) is 1. The van der Waals surface area contributed by atoms with Crippen molar-refractivity contribution >= 4 is 11.4 Å². The summed E-state index contributed by atoms with van der Waals surface area (Å²) >= 11 is 0. The Balaban J connectivity index is 1.71. The van der Waals surface area contributed by atoms with Gasteiger partial charge in [-0.15, -0.1) is 0 Å². The highest BCUT2D eigenvalue weighted by atomic mass is 19.1. The Morgan fingerprint density at radius 2 is 2.04 bits per heavy atom.